The minimum Gasteiger partial charge on any atom is -0.486 e. The lowest BCUT2D eigenvalue weighted by Gasteiger charge is -2.18. The number of ether oxygens (including phenoxy) is 2. The third kappa shape index (κ3) is 1.86. The van der Waals surface area contributed by atoms with Crippen molar-refractivity contribution < 1.29 is 14.3 Å². The monoisotopic (exact) mass is 261 g/mol. The number of fused-ring (bicyclic) bond motifs is 1. The molecule has 0 spiro atoms. The SMILES string of the molecule is CC(=O)c1ncsc1-c1ccc2c(c1)OCCO2. The van der Waals surface area contributed by atoms with Crippen molar-refractivity contribution in [2.45, 2.75) is 6.92 Å². The quantitative estimate of drug-likeness (QED) is 0.780. The van der Waals surface area contributed by atoms with Gasteiger partial charge in [0, 0.05) is 6.92 Å². The van der Waals surface area contributed by atoms with Gasteiger partial charge in [-0.25, -0.2) is 4.98 Å². The first kappa shape index (κ1) is 11.2. The van der Waals surface area contributed by atoms with Crippen molar-refractivity contribution in [1.29, 1.82) is 0 Å². The lowest BCUT2D eigenvalue weighted by molar-refractivity contribution is 0.101. The first-order valence-electron chi connectivity index (χ1n) is 5.60. The Balaban J connectivity index is 2.06. The average Bonchev–Trinajstić information content (AvgIpc) is 2.87. The maximum atomic E-state index is 11.5. The van der Waals surface area contributed by atoms with Gasteiger partial charge in [-0.05, 0) is 23.8 Å². The van der Waals surface area contributed by atoms with Crippen molar-refractivity contribution in [2.24, 2.45) is 0 Å². The maximum absolute atomic E-state index is 11.5. The fraction of sp³-hybridized carbons (Fsp3) is 0.231. The van der Waals surface area contributed by atoms with E-state index >= 15 is 0 Å². The standard InChI is InChI=1S/C13H11NO3S/c1-8(15)12-13(18-7-14-12)9-2-3-10-11(6-9)17-5-4-16-10/h2-3,6-7H,4-5H2,1H3. The van der Waals surface area contributed by atoms with Crippen LogP contribution in [0.1, 0.15) is 17.4 Å². The second-order valence-electron chi connectivity index (χ2n) is 3.94. The smallest absolute Gasteiger partial charge is 0.179 e. The van der Waals surface area contributed by atoms with Crippen LogP contribution in [0.25, 0.3) is 10.4 Å². The van der Waals surface area contributed by atoms with E-state index in [-0.39, 0.29) is 5.78 Å². The number of Topliss-reactive ketones (excluding diaryl/α,β-unsaturated/α-hetero) is 1. The topological polar surface area (TPSA) is 48.4 Å². The van der Waals surface area contributed by atoms with E-state index in [4.69, 9.17) is 9.47 Å². The highest BCUT2D eigenvalue weighted by molar-refractivity contribution is 7.13. The van der Waals surface area contributed by atoms with Gasteiger partial charge in [-0.2, -0.15) is 0 Å². The third-order valence-corrected chi connectivity index (χ3v) is 3.58. The summed E-state index contributed by atoms with van der Waals surface area (Å²) in [6, 6.07) is 5.69. The minimum atomic E-state index is -0.0267. The van der Waals surface area contributed by atoms with E-state index in [0.717, 1.165) is 21.9 Å². The summed E-state index contributed by atoms with van der Waals surface area (Å²) in [6.45, 7) is 2.65. The normalized spacial score (nSPS) is 13.4. The van der Waals surface area contributed by atoms with Crippen LogP contribution in [0.2, 0.25) is 0 Å². The molecule has 1 aliphatic heterocycles. The lowest BCUT2D eigenvalue weighted by Crippen LogP contribution is -2.15. The van der Waals surface area contributed by atoms with Crippen molar-refractivity contribution in [1.82, 2.24) is 4.98 Å². The Kier molecular flexibility index (Phi) is 2.76. The molecule has 0 aliphatic carbocycles. The van der Waals surface area contributed by atoms with Crippen LogP contribution >= 0.6 is 11.3 Å². The van der Waals surface area contributed by atoms with E-state index < -0.39 is 0 Å². The van der Waals surface area contributed by atoms with E-state index in [9.17, 15) is 4.79 Å². The zero-order valence-electron chi connectivity index (χ0n) is 9.80. The molecule has 4 nitrogen and oxygen atoms in total. The maximum Gasteiger partial charge on any atom is 0.179 e. The number of aromatic nitrogens is 1. The number of rotatable bonds is 2. The van der Waals surface area contributed by atoms with Gasteiger partial charge in [0.1, 0.15) is 18.9 Å². The summed E-state index contributed by atoms with van der Waals surface area (Å²) < 4.78 is 11.0. The number of carbonyl (C=O) groups excluding carboxylic acids is 1. The Morgan fingerprint density at radius 1 is 1.28 bits per heavy atom. The molecular formula is C13H11NO3S. The van der Waals surface area contributed by atoms with E-state index in [1.807, 2.05) is 18.2 Å². The molecule has 0 amide bonds. The second-order valence-corrected chi connectivity index (χ2v) is 4.80. The average molecular weight is 261 g/mol. The summed E-state index contributed by atoms with van der Waals surface area (Å²) in [5.74, 6) is 1.45. The predicted molar refractivity (Wildman–Crippen MR) is 68.5 cm³/mol. The third-order valence-electron chi connectivity index (χ3n) is 2.71. The summed E-state index contributed by atoms with van der Waals surface area (Å²) in [5, 5.41) is 0. The van der Waals surface area contributed by atoms with E-state index in [2.05, 4.69) is 4.98 Å². The van der Waals surface area contributed by atoms with E-state index in [1.54, 1.807) is 5.51 Å². The Labute approximate surface area is 108 Å². The fourth-order valence-corrected chi connectivity index (χ4v) is 2.72. The van der Waals surface area contributed by atoms with E-state index in [1.165, 1.54) is 18.3 Å². The van der Waals surface area contributed by atoms with Crippen molar-refractivity contribution in [3.63, 3.8) is 0 Å². The van der Waals surface area contributed by atoms with E-state index in [0.29, 0.717) is 18.9 Å². The minimum absolute atomic E-state index is 0.0267. The van der Waals surface area contributed by atoms with Gasteiger partial charge in [0.2, 0.25) is 0 Å². The Hall–Kier alpha value is -1.88. The Bertz CT molecular complexity index is 606. The zero-order valence-corrected chi connectivity index (χ0v) is 10.6. The molecule has 0 bridgehead atoms. The fourth-order valence-electron chi connectivity index (χ4n) is 1.89. The number of ketones is 1. The molecule has 3 rings (SSSR count). The molecule has 5 heteroatoms. The first-order chi connectivity index (χ1) is 8.75. The summed E-state index contributed by atoms with van der Waals surface area (Å²) in [5.41, 5.74) is 3.13. The summed E-state index contributed by atoms with van der Waals surface area (Å²) in [4.78, 5) is 16.5. The number of carbonyl (C=O) groups is 1. The van der Waals surface area contributed by atoms with Crippen molar-refractivity contribution in [2.75, 3.05) is 13.2 Å². The molecule has 1 aromatic carbocycles. The van der Waals surface area contributed by atoms with Gasteiger partial charge < -0.3 is 9.47 Å². The predicted octanol–water partition coefficient (Wildman–Crippen LogP) is 2.78. The molecule has 1 aliphatic rings. The zero-order chi connectivity index (χ0) is 12.5. The molecule has 2 aromatic rings. The molecule has 0 saturated heterocycles. The summed E-state index contributed by atoms with van der Waals surface area (Å²) in [6.07, 6.45) is 0. The van der Waals surface area contributed by atoms with Crippen molar-refractivity contribution >= 4 is 17.1 Å². The highest BCUT2D eigenvalue weighted by atomic mass is 32.1. The molecule has 92 valence electrons. The van der Waals surface area contributed by atoms with Gasteiger partial charge in [0.25, 0.3) is 0 Å². The van der Waals surface area contributed by atoms with Gasteiger partial charge in [-0.15, -0.1) is 11.3 Å². The first-order valence-corrected chi connectivity index (χ1v) is 6.48. The molecule has 18 heavy (non-hydrogen) atoms. The molecule has 0 atom stereocenters. The molecule has 1 aromatic heterocycles. The van der Waals surface area contributed by atoms with Gasteiger partial charge in [-0.3, -0.25) is 4.79 Å². The van der Waals surface area contributed by atoms with Crippen LogP contribution in [0, 0.1) is 0 Å². The van der Waals surface area contributed by atoms with Gasteiger partial charge in [0.15, 0.2) is 17.3 Å². The van der Waals surface area contributed by atoms with Crippen LogP contribution in [0.4, 0.5) is 0 Å². The Morgan fingerprint density at radius 3 is 2.83 bits per heavy atom. The van der Waals surface area contributed by atoms with Crippen LogP contribution in [0.15, 0.2) is 23.7 Å². The van der Waals surface area contributed by atoms with Gasteiger partial charge >= 0.3 is 0 Å². The highest BCUT2D eigenvalue weighted by Crippen LogP contribution is 2.36. The van der Waals surface area contributed by atoms with Crippen molar-refractivity contribution in [3.8, 4) is 21.9 Å². The molecule has 0 radical (unpaired) electrons. The number of benzene rings is 1. The van der Waals surface area contributed by atoms with Gasteiger partial charge in [0.05, 0.1) is 10.4 Å². The van der Waals surface area contributed by atoms with Gasteiger partial charge in [-0.1, -0.05) is 0 Å². The van der Waals surface area contributed by atoms with Crippen LogP contribution in [-0.2, 0) is 0 Å². The summed E-state index contributed by atoms with van der Waals surface area (Å²) >= 11 is 1.45. The van der Waals surface area contributed by atoms with Crippen molar-refractivity contribution in [3.05, 3.63) is 29.4 Å². The van der Waals surface area contributed by atoms with Crippen LogP contribution in [0.5, 0.6) is 11.5 Å². The second kappa shape index (κ2) is 4.42. The molecule has 0 saturated carbocycles. The number of thiazole rings is 1. The molecular weight excluding hydrogens is 250 g/mol. The molecule has 0 N–H and O–H groups in total. The summed E-state index contributed by atoms with van der Waals surface area (Å²) in [7, 11) is 0. The number of nitrogens with zero attached hydrogens (tertiary/aromatic N) is 1. The molecule has 0 fully saturated rings. The Morgan fingerprint density at radius 2 is 2.06 bits per heavy atom. The molecule has 2 heterocycles. The number of hydrogen-bond acceptors (Lipinski definition) is 5. The highest BCUT2D eigenvalue weighted by Gasteiger charge is 2.16. The van der Waals surface area contributed by atoms with Crippen LogP contribution in [-0.4, -0.2) is 24.0 Å². The molecule has 0 unspecified atom stereocenters. The van der Waals surface area contributed by atoms with Crippen LogP contribution < -0.4 is 9.47 Å². The number of hydrogen-bond donors (Lipinski definition) is 0. The lowest BCUT2D eigenvalue weighted by atomic mass is 10.1. The van der Waals surface area contributed by atoms with Crippen LogP contribution in [0.3, 0.4) is 0 Å². The largest absolute Gasteiger partial charge is 0.486 e.